The van der Waals surface area contributed by atoms with Crippen LogP contribution in [0.2, 0.25) is 0 Å². The number of methoxy groups -OCH3 is 1. The molecule has 0 atom stereocenters. The molecule has 100 valence electrons. The highest BCUT2D eigenvalue weighted by molar-refractivity contribution is 5.96. The Kier molecular flexibility index (Phi) is 3.90. The first-order valence-corrected chi connectivity index (χ1v) is 6.30. The second kappa shape index (κ2) is 5.61. The van der Waals surface area contributed by atoms with Crippen molar-refractivity contribution in [1.82, 2.24) is 4.57 Å². The molecule has 1 amide bonds. The van der Waals surface area contributed by atoms with Gasteiger partial charge in [0.1, 0.15) is 5.75 Å². The fourth-order valence-electron chi connectivity index (χ4n) is 2.16. The number of nitrogens with two attached hydrogens (primary N) is 1. The number of rotatable bonds is 5. The van der Waals surface area contributed by atoms with Crippen molar-refractivity contribution < 1.29 is 9.53 Å². The van der Waals surface area contributed by atoms with E-state index in [1.54, 1.807) is 13.2 Å². The normalized spacial score (nSPS) is 11.3. The van der Waals surface area contributed by atoms with Gasteiger partial charge in [-0.25, -0.2) is 0 Å². The van der Waals surface area contributed by atoms with Gasteiger partial charge in [-0.15, -0.1) is 0 Å². The quantitative estimate of drug-likeness (QED) is 0.838. The van der Waals surface area contributed by atoms with E-state index in [2.05, 4.69) is 11.5 Å². The molecule has 2 rings (SSSR count). The average molecular weight is 258 g/mol. The molecule has 0 aliphatic heterocycles. The summed E-state index contributed by atoms with van der Waals surface area (Å²) in [4.78, 5) is 10.9. The molecule has 0 fully saturated rings. The SMILES string of the molecule is CCCn1cc(/C=C/C(N)=O)c2cc(OC)ccc21. The molecule has 0 radical (unpaired) electrons. The Hall–Kier alpha value is -2.23. The Morgan fingerprint density at radius 2 is 2.26 bits per heavy atom. The summed E-state index contributed by atoms with van der Waals surface area (Å²) < 4.78 is 7.42. The molecular formula is C15H18N2O2. The minimum Gasteiger partial charge on any atom is -0.497 e. The van der Waals surface area contributed by atoms with Gasteiger partial charge in [0.25, 0.3) is 0 Å². The molecule has 0 aliphatic rings. The number of fused-ring (bicyclic) bond motifs is 1. The van der Waals surface area contributed by atoms with Crippen LogP contribution in [-0.4, -0.2) is 17.6 Å². The van der Waals surface area contributed by atoms with Gasteiger partial charge in [-0.05, 0) is 30.7 Å². The molecule has 19 heavy (non-hydrogen) atoms. The van der Waals surface area contributed by atoms with Gasteiger partial charge in [0.2, 0.25) is 5.91 Å². The van der Waals surface area contributed by atoms with E-state index in [4.69, 9.17) is 10.5 Å². The number of aromatic nitrogens is 1. The maximum Gasteiger partial charge on any atom is 0.241 e. The van der Waals surface area contributed by atoms with Crippen LogP contribution >= 0.6 is 0 Å². The second-order valence-electron chi connectivity index (χ2n) is 4.40. The second-order valence-corrected chi connectivity index (χ2v) is 4.40. The van der Waals surface area contributed by atoms with Crippen LogP contribution in [0.1, 0.15) is 18.9 Å². The topological polar surface area (TPSA) is 57.2 Å². The van der Waals surface area contributed by atoms with Gasteiger partial charge in [0, 0.05) is 35.3 Å². The molecule has 1 heterocycles. The molecule has 0 spiro atoms. The van der Waals surface area contributed by atoms with E-state index in [0.29, 0.717) is 0 Å². The van der Waals surface area contributed by atoms with Crippen molar-refractivity contribution in [2.75, 3.05) is 7.11 Å². The Balaban J connectivity index is 2.57. The van der Waals surface area contributed by atoms with E-state index in [1.165, 1.54) is 6.08 Å². The number of hydrogen-bond acceptors (Lipinski definition) is 2. The highest BCUT2D eigenvalue weighted by atomic mass is 16.5. The third-order valence-electron chi connectivity index (χ3n) is 3.01. The minimum atomic E-state index is -0.445. The Bertz CT molecular complexity index is 626. The van der Waals surface area contributed by atoms with Crippen LogP contribution in [0, 0.1) is 0 Å². The number of carbonyl (C=O) groups is 1. The first kappa shape index (κ1) is 13.2. The number of ether oxygens (including phenoxy) is 1. The molecule has 2 N–H and O–H groups in total. The van der Waals surface area contributed by atoms with Gasteiger partial charge in [-0.3, -0.25) is 4.79 Å². The number of primary amides is 1. The number of hydrogen-bond donors (Lipinski definition) is 1. The van der Waals surface area contributed by atoms with E-state index < -0.39 is 5.91 Å². The zero-order valence-corrected chi connectivity index (χ0v) is 11.2. The lowest BCUT2D eigenvalue weighted by Crippen LogP contribution is -2.04. The lowest BCUT2D eigenvalue weighted by molar-refractivity contribution is -0.113. The predicted molar refractivity (Wildman–Crippen MR) is 77.0 cm³/mol. The minimum absolute atomic E-state index is 0.445. The molecule has 2 aromatic rings. The first-order valence-electron chi connectivity index (χ1n) is 6.30. The van der Waals surface area contributed by atoms with E-state index in [1.807, 2.05) is 24.4 Å². The fourth-order valence-corrected chi connectivity index (χ4v) is 2.16. The number of amides is 1. The van der Waals surface area contributed by atoms with Crippen molar-refractivity contribution in [1.29, 1.82) is 0 Å². The number of nitrogens with zero attached hydrogens (tertiary/aromatic N) is 1. The van der Waals surface area contributed by atoms with Gasteiger partial charge < -0.3 is 15.0 Å². The van der Waals surface area contributed by atoms with Gasteiger partial charge in [-0.2, -0.15) is 0 Å². The van der Waals surface area contributed by atoms with Crippen LogP contribution in [0.25, 0.3) is 17.0 Å². The van der Waals surface area contributed by atoms with Gasteiger partial charge in [0.15, 0.2) is 0 Å². The zero-order chi connectivity index (χ0) is 13.8. The third kappa shape index (κ3) is 2.78. The van der Waals surface area contributed by atoms with Gasteiger partial charge in [-0.1, -0.05) is 6.92 Å². The molecular weight excluding hydrogens is 240 g/mol. The van der Waals surface area contributed by atoms with Crippen molar-refractivity contribution >= 4 is 22.9 Å². The summed E-state index contributed by atoms with van der Waals surface area (Å²) >= 11 is 0. The summed E-state index contributed by atoms with van der Waals surface area (Å²) in [5.74, 6) is 0.356. The molecule has 4 nitrogen and oxygen atoms in total. The van der Waals surface area contributed by atoms with E-state index in [0.717, 1.165) is 35.2 Å². The summed E-state index contributed by atoms with van der Waals surface area (Å²) in [6.45, 7) is 3.07. The van der Waals surface area contributed by atoms with Crippen molar-refractivity contribution in [3.05, 3.63) is 36.0 Å². The highest BCUT2D eigenvalue weighted by Gasteiger charge is 2.07. The van der Waals surface area contributed by atoms with Crippen molar-refractivity contribution in [2.45, 2.75) is 19.9 Å². The Morgan fingerprint density at radius 1 is 1.47 bits per heavy atom. The molecule has 0 saturated carbocycles. The third-order valence-corrected chi connectivity index (χ3v) is 3.01. The van der Waals surface area contributed by atoms with Crippen molar-refractivity contribution in [3.63, 3.8) is 0 Å². The van der Waals surface area contributed by atoms with Crippen LogP contribution in [0.4, 0.5) is 0 Å². The van der Waals surface area contributed by atoms with Crippen molar-refractivity contribution in [2.24, 2.45) is 5.73 Å². The largest absolute Gasteiger partial charge is 0.497 e. The van der Waals surface area contributed by atoms with Gasteiger partial charge >= 0.3 is 0 Å². The standard InChI is InChI=1S/C15H18N2O2/c1-3-8-17-10-11(4-7-15(16)18)13-9-12(19-2)5-6-14(13)17/h4-7,9-10H,3,8H2,1-2H3,(H2,16,18)/b7-4+. The number of benzene rings is 1. The molecule has 0 saturated heterocycles. The summed E-state index contributed by atoms with van der Waals surface area (Å²) in [5.41, 5.74) is 7.25. The van der Waals surface area contributed by atoms with Crippen molar-refractivity contribution in [3.8, 4) is 5.75 Å². The highest BCUT2D eigenvalue weighted by Crippen LogP contribution is 2.27. The maximum absolute atomic E-state index is 10.9. The summed E-state index contributed by atoms with van der Waals surface area (Å²) in [7, 11) is 1.64. The van der Waals surface area contributed by atoms with Crippen LogP contribution in [0.15, 0.2) is 30.5 Å². The van der Waals surface area contributed by atoms with E-state index >= 15 is 0 Å². The number of carbonyl (C=O) groups excluding carboxylic acids is 1. The Morgan fingerprint density at radius 3 is 2.89 bits per heavy atom. The summed E-state index contributed by atoms with van der Waals surface area (Å²) in [6, 6.07) is 5.95. The summed E-state index contributed by atoms with van der Waals surface area (Å²) in [6.07, 6.45) is 6.21. The molecule has 0 unspecified atom stereocenters. The first-order chi connectivity index (χ1) is 9.15. The molecule has 4 heteroatoms. The molecule has 1 aromatic heterocycles. The van der Waals surface area contributed by atoms with Crippen LogP contribution < -0.4 is 10.5 Å². The maximum atomic E-state index is 10.9. The van der Waals surface area contributed by atoms with Crippen LogP contribution in [0.5, 0.6) is 5.75 Å². The molecule has 1 aromatic carbocycles. The van der Waals surface area contributed by atoms with E-state index in [-0.39, 0.29) is 0 Å². The smallest absolute Gasteiger partial charge is 0.241 e. The van der Waals surface area contributed by atoms with Crippen LogP contribution in [-0.2, 0) is 11.3 Å². The monoisotopic (exact) mass is 258 g/mol. The lowest BCUT2D eigenvalue weighted by Gasteiger charge is -2.03. The number of aryl methyl sites for hydroxylation is 1. The van der Waals surface area contributed by atoms with Gasteiger partial charge in [0.05, 0.1) is 7.11 Å². The Labute approximate surface area is 112 Å². The van der Waals surface area contributed by atoms with E-state index in [9.17, 15) is 4.79 Å². The fraction of sp³-hybridized carbons (Fsp3) is 0.267. The lowest BCUT2D eigenvalue weighted by atomic mass is 10.1. The summed E-state index contributed by atoms with van der Waals surface area (Å²) in [5, 5.41) is 1.06. The average Bonchev–Trinajstić information content (AvgIpc) is 2.74. The van der Waals surface area contributed by atoms with Crippen LogP contribution in [0.3, 0.4) is 0 Å². The molecule has 0 aliphatic carbocycles. The predicted octanol–water partition coefficient (Wildman–Crippen LogP) is 2.56. The zero-order valence-electron chi connectivity index (χ0n) is 11.2. The molecule has 0 bridgehead atoms.